The Bertz CT molecular complexity index is 569. The molecule has 0 aliphatic rings. The Hall–Kier alpha value is -1.64. The van der Waals surface area contributed by atoms with Gasteiger partial charge >= 0.3 is 5.97 Å². The molecule has 0 fully saturated rings. The molecule has 8 heteroatoms. The Morgan fingerprint density at radius 2 is 1.95 bits per heavy atom. The fourth-order valence-corrected chi connectivity index (χ4v) is 2.21. The van der Waals surface area contributed by atoms with Crippen molar-refractivity contribution in [2.75, 3.05) is 20.3 Å². The fraction of sp³-hybridized carbons (Fsp3) is 0.417. The molecule has 0 aromatic heterocycles. The van der Waals surface area contributed by atoms with Crippen molar-refractivity contribution in [2.45, 2.75) is 17.7 Å². The molecule has 7 nitrogen and oxygen atoms in total. The monoisotopic (exact) mass is 303 g/mol. The molecule has 0 radical (unpaired) electrons. The van der Waals surface area contributed by atoms with Crippen LogP contribution in [0.25, 0.3) is 0 Å². The zero-order valence-electron chi connectivity index (χ0n) is 11.0. The number of primary sulfonamides is 1. The van der Waals surface area contributed by atoms with E-state index in [-0.39, 0.29) is 22.8 Å². The SMILES string of the molecule is COCCCCOc1ccc(C(=O)O)cc1S(N)(=O)=O. The summed E-state index contributed by atoms with van der Waals surface area (Å²) < 4.78 is 33.1. The van der Waals surface area contributed by atoms with Crippen molar-refractivity contribution in [2.24, 2.45) is 5.14 Å². The summed E-state index contributed by atoms with van der Waals surface area (Å²) in [6.45, 7) is 0.877. The van der Waals surface area contributed by atoms with E-state index in [2.05, 4.69) is 0 Å². The average molecular weight is 303 g/mol. The Morgan fingerprint density at radius 3 is 2.50 bits per heavy atom. The molecule has 0 heterocycles. The van der Waals surface area contributed by atoms with Gasteiger partial charge in [-0.1, -0.05) is 0 Å². The maximum Gasteiger partial charge on any atom is 0.335 e. The van der Waals surface area contributed by atoms with E-state index < -0.39 is 16.0 Å². The van der Waals surface area contributed by atoms with Crippen molar-refractivity contribution in [1.29, 1.82) is 0 Å². The molecular weight excluding hydrogens is 286 g/mol. The molecule has 0 aliphatic carbocycles. The quantitative estimate of drug-likeness (QED) is 0.687. The molecule has 0 spiro atoms. The second-order valence-corrected chi connectivity index (χ2v) is 5.59. The highest BCUT2D eigenvalue weighted by Gasteiger charge is 2.18. The molecule has 20 heavy (non-hydrogen) atoms. The van der Waals surface area contributed by atoms with Gasteiger partial charge in [0.05, 0.1) is 12.2 Å². The number of carbonyl (C=O) groups is 1. The van der Waals surface area contributed by atoms with Gasteiger partial charge in [-0.25, -0.2) is 18.4 Å². The minimum absolute atomic E-state index is 0.0508. The first-order valence-corrected chi connectivity index (χ1v) is 7.42. The van der Waals surface area contributed by atoms with Crippen LogP contribution in [0.4, 0.5) is 0 Å². The Balaban J connectivity index is 2.87. The maximum atomic E-state index is 11.4. The van der Waals surface area contributed by atoms with Crippen LogP contribution >= 0.6 is 0 Å². The van der Waals surface area contributed by atoms with Gasteiger partial charge in [0.15, 0.2) is 0 Å². The summed E-state index contributed by atoms with van der Waals surface area (Å²) in [7, 11) is -2.46. The lowest BCUT2D eigenvalue weighted by atomic mass is 10.2. The largest absolute Gasteiger partial charge is 0.492 e. The molecule has 3 N–H and O–H groups in total. The number of ether oxygens (including phenoxy) is 2. The van der Waals surface area contributed by atoms with E-state index in [1.165, 1.54) is 12.1 Å². The molecule has 0 aliphatic heterocycles. The predicted octanol–water partition coefficient (Wildman–Crippen LogP) is 0.838. The molecule has 112 valence electrons. The number of nitrogens with two attached hydrogens (primary N) is 1. The van der Waals surface area contributed by atoms with Crippen LogP contribution in [-0.4, -0.2) is 39.8 Å². The van der Waals surface area contributed by atoms with Crippen molar-refractivity contribution in [3.8, 4) is 5.75 Å². The minimum atomic E-state index is -4.05. The number of carboxylic acids is 1. The summed E-state index contributed by atoms with van der Waals surface area (Å²) in [5.74, 6) is -1.18. The average Bonchev–Trinajstić information content (AvgIpc) is 2.37. The summed E-state index contributed by atoms with van der Waals surface area (Å²) >= 11 is 0. The second-order valence-electron chi connectivity index (χ2n) is 4.06. The smallest absolute Gasteiger partial charge is 0.335 e. The van der Waals surface area contributed by atoms with Gasteiger partial charge in [-0.2, -0.15) is 0 Å². The van der Waals surface area contributed by atoms with Gasteiger partial charge in [-0.05, 0) is 31.0 Å². The second kappa shape index (κ2) is 7.22. The number of hydrogen-bond acceptors (Lipinski definition) is 5. The van der Waals surface area contributed by atoms with E-state index in [0.29, 0.717) is 13.0 Å². The highest BCUT2D eigenvalue weighted by Crippen LogP contribution is 2.24. The van der Waals surface area contributed by atoms with Gasteiger partial charge in [0.1, 0.15) is 10.6 Å². The molecule has 0 amide bonds. The first-order valence-electron chi connectivity index (χ1n) is 5.88. The van der Waals surface area contributed by atoms with Gasteiger partial charge in [-0.3, -0.25) is 0 Å². The number of methoxy groups -OCH3 is 1. The van der Waals surface area contributed by atoms with Crippen LogP contribution in [0.1, 0.15) is 23.2 Å². The standard InChI is InChI=1S/C12H17NO6S/c1-18-6-2-3-7-19-10-5-4-9(12(14)15)8-11(10)20(13,16)17/h4-5,8H,2-3,6-7H2,1H3,(H,14,15)(H2,13,16,17). The van der Waals surface area contributed by atoms with Crippen LogP contribution in [-0.2, 0) is 14.8 Å². The van der Waals surface area contributed by atoms with Crippen molar-refractivity contribution in [3.05, 3.63) is 23.8 Å². The third kappa shape index (κ3) is 4.80. The lowest BCUT2D eigenvalue weighted by Gasteiger charge is -2.10. The first kappa shape index (κ1) is 16.4. The van der Waals surface area contributed by atoms with Crippen LogP contribution in [0.2, 0.25) is 0 Å². The summed E-state index contributed by atoms with van der Waals surface area (Å²) in [4.78, 5) is 10.5. The number of hydrogen-bond donors (Lipinski definition) is 2. The number of sulfonamides is 1. The fourth-order valence-electron chi connectivity index (χ4n) is 1.51. The van der Waals surface area contributed by atoms with Crippen LogP contribution in [0.15, 0.2) is 23.1 Å². The molecule has 0 unspecified atom stereocenters. The van der Waals surface area contributed by atoms with Crippen LogP contribution in [0.5, 0.6) is 5.75 Å². The van der Waals surface area contributed by atoms with Crippen molar-refractivity contribution >= 4 is 16.0 Å². The zero-order valence-corrected chi connectivity index (χ0v) is 11.9. The molecule has 1 rings (SSSR count). The van der Waals surface area contributed by atoms with Crippen molar-refractivity contribution < 1.29 is 27.8 Å². The van der Waals surface area contributed by atoms with Crippen LogP contribution in [0.3, 0.4) is 0 Å². The summed E-state index contributed by atoms with van der Waals surface area (Å²) in [6.07, 6.45) is 1.45. The third-order valence-corrected chi connectivity index (χ3v) is 3.43. The van der Waals surface area contributed by atoms with Gasteiger partial charge in [-0.15, -0.1) is 0 Å². The molecule has 0 bridgehead atoms. The normalized spacial score (nSPS) is 11.3. The predicted molar refractivity (Wildman–Crippen MR) is 71.4 cm³/mol. The summed E-state index contributed by atoms with van der Waals surface area (Å²) in [5.41, 5.74) is -0.166. The van der Waals surface area contributed by atoms with E-state index in [4.69, 9.17) is 19.7 Å². The van der Waals surface area contributed by atoms with Crippen LogP contribution < -0.4 is 9.88 Å². The molecule has 0 saturated carbocycles. The third-order valence-electron chi connectivity index (χ3n) is 2.50. The maximum absolute atomic E-state index is 11.4. The first-order chi connectivity index (χ1) is 9.36. The van der Waals surface area contributed by atoms with E-state index in [1.54, 1.807) is 7.11 Å². The Kier molecular flexibility index (Phi) is 5.93. The van der Waals surface area contributed by atoms with Crippen molar-refractivity contribution in [1.82, 2.24) is 0 Å². The topological polar surface area (TPSA) is 116 Å². The van der Waals surface area contributed by atoms with Gasteiger partial charge in [0.2, 0.25) is 10.0 Å². The Morgan fingerprint density at radius 1 is 1.30 bits per heavy atom. The zero-order chi connectivity index (χ0) is 15.2. The molecule has 1 aromatic rings. The number of aromatic carboxylic acids is 1. The highest BCUT2D eigenvalue weighted by molar-refractivity contribution is 7.89. The highest BCUT2D eigenvalue weighted by atomic mass is 32.2. The molecule has 1 aromatic carbocycles. The van der Waals surface area contributed by atoms with Crippen LogP contribution in [0, 0.1) is 0 Å². The van der Waals surface area contributed by atoms with E-state index in [1.807, 2.05) is 0 Å². The number of carboxylic acid groups (broad SMARTS) is 1. The van der Waals surface area contributed by atoms with E-state index >= 15 is 0 Å². The van der Waals surface area contributed by atoms with Gasteiger partial charge < -0.3 is 14.6 Å². The number of unbranched alkanes of at least 4 members (excludes halogenated alkanes) is 1. The minimum Gasteiger partial charge on any atom is -0.492 e. The summed E-state index contributed by atoms with van der Waals surface area (Å²) in [5, 5.41) is 13.9. The van der Waals surface area contributed by atoms with Crippen molar-refractivity contribution in [3.63, 3.8) is 0 Å². The van der Waals surface area contributed by atoms with Gasteiger partial charge in [0.25, 0.3) is 0 Å². The van der Waals surface area contributed by atoms with E-state index in [9.17, 15) is 13.2 Å². The number of rotatable bonds is 8. The summed E-state index contributed by atoms with van der Waals surface area (Å²) in [6, 6.07) is 3.54. The molecule has 0 saturated heterocycles. The van der Waals surface area contributed by atoms with E-state index in [0.717, 1.165) is 12.5 Å². The molecule has 0 atom stereocenters. The Labute approximate surface area is 117 Å². The molecular formula is C12H17NO6S. The number of benzene rings is 1. The lowest BCUT2D eigenvalue weighted by Crippen LogP contribution is -2.15. The van der Waals surface area contributed by atoms with Gasteiger partial charge in [0, 0.05) is 13.7 Å². The lowest BCUT2D eigenvalue weighted by molar-refractivity contribution is 0.0696.